The molecule has 3 rings (SSSR count). The predicted octanol–water partition coefficient (Wildman–Crippen LogP) is 2.85. The zero-order chi connectivity index (χ0) is 15.4. The van der Waals surface area contributed by atoms with Crippen molar-refractivity contribution in [3.8, 4) is 0 Å². The predicted molar refractivity (Wildman–Crippen MR) is 95.1 cm³/mol. The number of hydrogen-bond acceptors (Lipinski definition) is 3. The second kappa shape index (κ2) is 7.95. The summed E-state index contributed by atoms with van der Waals surface area (Å²) < 4.78 is 7.91. The first-order valence-electron chi connectivity index (χ1n) is 8.06. The molecule has 2 heterocycles. The van der Waals surface area contributed by atoms with Crippen LogP contribution in [0.2, 0.25) is 0 Å². The molecular formula is C18H26ClN3O. The fourth-order valence-electron chi connectivity index (χ4n) is 3.45. The number of methoxy groups -OCH3 is 1. The molecule has 0 bridgehead atoms. The zero-order valence-electron chi connectivity index (χ0n) is 13.9. The summed E-state index contributed by atoms with van der Waals surface area (Å²) in [5.41, 5.74) is 3.70. The Morgan fingerprint density at radius 2 is 2.13 bits per heavy atom. The van der Waals surface area contributed by atoms with Gasteiger partial charge in [0.1, 0.15) is 5.60 Å². The first-order chi connectivity index (χ1) is 10.7. The highest BCUT2D eigenvalue weighted by Crippen LogP contribution is 2.34. The first-order valence-corrected chi connectivity index (χ1v) is 8.06. The molecule has 0 amide bonds. The minimum Gasteiger partial charge on any atom is -0.372 e. The van der Waals surface area contributed by atoms with Gasteiger partial charge in [-0.2, -0.15) is 5.10 Å². The largest absolute Gasteiger partial charge is 0.372 e. The van der Waals surface area contributed by atoms with E-state index in [0.29, 0.717) is 0 Å². The number of ether oxygens (including phenoxy) is 1. The number of fused-ring (bicyclic) bond motifs is 1. The summed E-state index contributed by atoms with van der Waals surface area (Å²) in [5.74, 6) is 0. The van der Waals surface area contributed by atoms with Crippen LogP contribution >= 0.6 is 12.4 Å². The monoisotopic (exact) mass is 335 g/mol. The lowest BCUT2D eigenvalue weighted by atomic mass is 9.85. The zero-order valence-corrected chi connectivity index (χ0v) is 14.7. The molecule has 1 N–H and O–H groups in total. The highest BCUT2D eigenvalue weighted by molar-refractivity contribution is 5.85. The lowest BCUT2D eigenvalue weighted by molar-refractivity contribution is -0.0211. The SMILES string of the molecule is COC1(CCCc2ccn(C)n2)CNCCc2ccccc21.Cl. The first kappa shape index (κ1) is 18.0. The van der Waals surface area contributed by atoms with Crippen molar-refractivity contribution < 1.29 is 4.74 Å². The Labute approximate surface area is 144 Å². The Hall–Kier alpha value is -1.36. The lowest BCUT2D eigenvalue weighted by Crippen LogP contribution is -2.39. The summed E-state index contributed by atoms with van der Waals surface area (Å²) in [5, 5.41) is 8.01. The third-order valence-electron chi connectivity index (χ3n) is 4.66. The molecule has 0 spiro atoms. The van der Waals surface area contributed by atoms with Crippen molar-refractivity contribution in [2.24, 2.45) is 7.05 Å². The third kappa shape index (κ3) is 3.94. The molecule has 1 aromatic carbocycles. The molecule has 0 aliphatic carbocycles. The second-order valence-electron chi connectivity index (χ2n) is 6.12. The van der Waals surface area contributed by atoms with Gasteiger partial charge in [-0.05, 0) is 49.4 Å². The smallest absolute Gasteiger partial charge is 0.105 e. The van der Waals surface area contributed by atoms with E-state index in [9.17, 15) is 0 Å². The molecule has 0 fully saturated rings. The summed E-state index contributed by atoms with van der Waals surface area (Å²) >= 11 is 0. The van der Waals surface area contributed by atoms with Gasteiger partial charge in [-0.25, -0.2) is 0 Å². The highest BCUT2D eigenvalue weighted by atomic mass is 35.5. The Balaban J connectivity index is 0.00000192. The number of aromatic nitrogens is 2. The van der Waals surface area contributed by atoms with Gasteiger partial charge in [0.25, 0.3) is 0 Å². The topological polar surface area (TPSA) is 39.1 Å². The average molecular weight is 336 g/mol. The van der Waals surface area contributed by atoms with E-state index in [1.54, 1.807) is 0 Å². The van der Waals surface area contributed by atoms with Crippen molar-refractivity contribution in [1.29, 1.82) is 0 Å². The van der Waals surface area contributed by atoms with E-state index in [4.69, 9.17) is 4.74 Å². The van der Waals surface area contributed by atoms with Gasteiger partial charge in [0.15, 0.2) is 0 Å². The van der Waals surface area contributed by atoms with E-state index in [1.165, 1.54) is 11.1 Å². The van der Waals surface area contributed by atoms with Gasteiger partial charge >= 0.3 is 0 Å². The van der Waals surface area contributed by atoms with Crippen molar-refractivity contribution >= 4 is 12.4 Å². The fourth-order valence-corrected chi connectivity index (χ4v) is 3.45. The number of rotatable bonds is 5. The molecule has 1 unspecified atom stereocenters. The van der Waals surface area contributed by atoms with Gasteiger partial charge in [0.2, 0.25) is 0 Å². The van der Waals surface area contributed by atoms with E-state index >= 15 is 0 Å². The van der Waals surface area contributed by atoms with Crippen LogP contribution in [0.5, 0.6) is 0 Å². The molecule has 0 saturated heterocycles. The molecule has 2 aromatic rings. The molecule has 4 nitrogen and oxygen atoms in total. The molecule has 0 saturated carbocycles. The van der Waals surface area contributed by atoms with E-state index in [-0.39, 0.29) is 18.0 Å². The molecule has 23 heavy (non-hydrogen) atoms. The van der Waals surface area contributed by atoms with Gasteiger partial charge < -0.3 is 10.1 Å². The fraction of sp³-hybridized carbons (Fsp3) is 0.500. The Bertz CT molecular complexity index is 628. The summed E-state index contributed by atoms with van der Waals surface area (Å²) in [6, 6.07) is 10.8. The minimum atomic E-state index is -0.220. The van der Waals surface area contributed by atoms with E-state index in [2.05, 4.69) is 40.7 Å². The second-order valence-corrected chi connectivity index (χ2v) is 6.12. The maximum Gasteiger partial charge on any atom is 0.105 e. The average Bonchev–Trinajstić information content (AvgIpc) is 2.86. The highest BCUT2D eigenvalue weighted by Gasteiger charge is 2.34. The maximum absolute atomic E-state index is 6.04. The molecule has 126 valence electrons. The van der Waals surface area contributed by atoms with Crippen LogP contribution in [0.3, 0.4) is 0 Å². The van der Waals surface area contributed by atoms with Crippen LogP contribution < -0.4 is 5.32 Å². The lowest BCUT2D eigenvalue weighted by Gasteiger charge is -2.33. The maximum atomic E-state index is 6.04. The minimum absolute atomic E-state index is 0. The number of halogens is 1. The normalized spacial score (nSPS) is 20.4. The molecule has 1 aromatic heterocycles. The summed E-state index contributed by atoms with van der Waals surface area (Å²) in [6.07, 6.45) is 6.14. The van der Waals surface area contributed by atoms with Gasteiger partial charge in [0, 0.05) is 26.9 Å². The Morgan fingerprint density at radius 3 is 2.87 bits per heavy atom. The molecule has 1 atom stereocenters. The van der Waals surface area contributed by atoms with Crippen LogP contribution in [0.4, 0.5) is 0 Å². The Kier molecular flexibility index (Phi) is 6.22. The molecule has 1 aliphatic rings. The molecule has 5 heteroatoms. The van der Waals surface area contributed by atoms with E-state index in [1.807, 2.05) is 25.0 Å². The van der Waals surface area contributed by atoms with Gasteiger partial charge in [-0.3, -0.25) is 4.68 Å². The standard InChI is InChI=1S/C18H25N3O.ClH/c1-21-13-10-16(20-21)7-5-11-18(22-2)14-19-12-9-15-6-3-4-8-17(15)18;/h3-4,6,8,10,13,19H,5,7,9,11-12,14H2,1-2H3;1H. The van der Waals surface area contributed by atoms with Crippen molar-refractivity contribution in [2.45, 2.75) is 31.3 Å². The van der Waals surface area contributed by atoms with Gasteiger partial charge in [-0.1, -0.05) is 24.3 Å². The van der Waals surface area contributed by atoms with Crippen molar-refractivity contribution in [3.63, 3.8) is 0 Å². The summed E-state index contributed by atoms with van der Waals surface area (Å²) in [7, 11) is 3.80. The number of nitrogens with zero attached hydrogens (tertiary/aromatic N) is 2. The van der Waals surface area contributed by atoms with Crippen molar-refractivity contribution in [3.05, 3.63) is 53.3 Å². The summed E-state index contributed by atoms with van der Waals surface area (Å²) in [4.78, 5) is 0. The molecular weight excluding hydrogens is 310 g/mol. The van der Waals surface area contributed by atoms with Crippen LogP contribution in [-0.2, 0) is 30.2 Å². The van der Waals surface area contributed by atoms with Gasteiger partial charge in [0.05, 0.1) is 5.69 Å². The quantitative estimate of drug-likeness (QED) is 0.913. The van der Waals surface area contributed by atoms with E-state index < -0.39 is 0 Å². The van der Waals surface area contributed by atoms with Crippen molar-refractivity contribution in [2.75, 3.05) is 20.2 Å². The van der Waals surface area contributed by atoms with Crippen LogP contribution in [0.25, 0.3) is 0 Å². The molecule has 1 aliphatic heterocycles. The van der Waals surface area contributed by atoms with Crippen LogP contribution in [0.1, 0.15) is 29.7 Å². The van der Waals surface area contributed by atoms with Crippen LogP contribution in [-0.4, -0.2) is 30.0 Å². The number of hydrogen-bond donors (Lipinski definition) is 1. The van der Waals surface area contributed by atoms with Crippen LogP contribution in [0.15, 0.2) is 36.5 Å². The third-order valence-corrected chi connectivity index (χ3v) is 4.66. The van der Waals surface area contributed by atoms with Crippen molar-refractivity contribution in [1.82, 2.24) is 15.1 Å². The Morgan fingerprint density at radius 1 is 1.30 bits per heavy atom. The summed E-state index contributed by atoms with van der Waals surface area (Å²) in [6.45, 7) is 1.89. The molecule has 0 radical (unpaired) electrons. The van der Waals surface area contributed by atoms with Gasteiger partial charge in [-0.15, -0.1) is 12.4 Å². The van der Waals surface area contributed by atoms with E-state index in [0.717, 1.165) is 44.5 Å². The number of aryl methyl sites for hydroxylation is 2. The van der Waals surface area contributed by atoms with Crippen LogP contribution in [0, 0.1) is 0 Å². The number of benzene rings is 1. The number of nitrogens with one attached hydrogen (secondary N) is 1.